The van der Waals surface area contributed by atoms with Crippen LogP contribution in [0, 0.1) is 0 Å². The van der Waals surface area contributed by atoms with Crippen molar-refractivity contribution < 1.29 is 38.9 Å². The third-order valence-electron chi connectivity index (χ3n) is 7.26. The molecule has 0 saturated heterocycles. The summed E-state index contributed by atoms with van der Waals surface area (Å²) < 4.78 is 11.6. The largest absolute Gasteiger partial charge is 0.478 e. The van der Waals surface area contributed by atoms with E-state index in [1.54, 1.807) is 97.1 Å². The number of hydrogen-bond acceptors (Lipinski definition) is 6. The molecular formula is C35H34Cl2N4O8. The van der Waals surface area contributed by atoms with Crippen molar-refractivity contribution in [2.24, 2.45) is 0 Å². The van der Waals surface area contributed by atoms with E-state index in [1.807, 2.05) is 0 Å². The van der Waals surface area contributed by atoms with E-state index in [0.717, 1.165) is 11.1 Å². The van der Waals surface area contributed by atoms with Crippen molar-refractivity contribution in [1.29, 1.82) is 0 Å². The molecule has 0 aliphatic heterocycles. The summed E-state index contributed by atoms with van der Waals surface area (Å²) in [5, 5.41) is 30.5. The maximum absolute atomic E-state index is 12.4. The number of carboxylic acid groups (broad SMARTS) is 2. The van der Waals surface area contributed by atoms with Gasteiger partial charge in [-0.15, -0.1) is 0 Å². The number of para-hydroxylation sites is 2. The SMILES string of the molecule is CC(CNC(=O)Nc1ccccc1Cl)(Oc1ccc(Cc2ccc(OC(C)(CNC(=O)Nc3ccccc3Cl)C(=O)O)cc2)cc1)C(=O)O. The summed E-state index contributed by atoms with van der Waals surface area (Å²) in [5.41, 5.74) is -1.01. The number of aliphatic carboxylic acids is 2. The third kappa shape index (κ3) is 10.3. The Kier molecular flexibility index (Phi) is 11.9. The number of urea groups is 2. The minimum atomic E-state index is -1.77. The Morgan fingerprint density at radius 2 is 0.939 bits per heavy atom. The van der Waals surface area contributed by atoms with E-state index in [4.69, 9.17) is 32.7 Å². The number of carbonyl (C=O) groups excluding carboxylic acids is 2. The highest BCUT2D eigenvalue weighted by molar-refractivity contribution is 6.34. The molecule has 4 aromatic carbocycles. The number of hydrogen-bond donors (Lipinski definition) is 6. The zero-order valence-corrected chi connectivity index (χ0v) is 28.0. The highest BCUT2D eigenvalue weighted by atomic mass is 35.5. The molecule has 0 aliphatic carbocycles. The van der Waals surface area contributed by atoms with E-state index in [2.05, 4.69) is 21.3 Å². The summed E-state index contributed by atoms with van der Waals surface area (Å²) >= 11 is 12.1. The maximum Gasteiger partial charge on any atom is 0.349 e. The monoisotopic (exact) mass is 708 g/mol. The number of nitrogens with one attached hydrogen (secondary N) is 4. The molecule has 2 atom stereocenters. The van der Waals surface area contributed by atoms with Crippen LogP contribution in [0.4, 0.5) is 21.0 Å². The first-order valence-corrected chi connectivity index (χ1v) is 15.6. The van der Waals surface area contributed by atoms with Crippen LogP contribution in [-0.4, -0.2) is 58.5 Å². The average Bonchev–Trinajstić information content (AvgIpc) is 3.07. The molecule has 0 fully saturated rings. The van der Waals surface area contributed by atoms with Crippen LogP contribution in [0.5, 0.6) is 11.5 Å². The van der Waals surface area contributed by atoms with Gasteiger partial charge in [0.2, 0.25) is 11.2 Å². The van der Waals surface area contributed by atoms with Gasteiger partial charge < -0.3 is 41.0 Å². The lowest BCUT2D eigenvalue weighted by atomic mass is 10.0. The Balaban J connectivity index is 1.30. The van der Waals surface area contributed by atoms with Gasteiger partial charge in [0.15, 0.2) is 0 Å². The summed E-state index contributed by atoms with van der Waals surface area (Å²) in [5.74, 6) is -1.97. The predicted octanol–water partition coefficient (Wildman–Crippen LogP) is 6.67. The molecule has 14 heteroatoms. The van der Waals surface area contributed by atoms with Crippen molar-refractivity contribution in [3.63, 3.8) is 0 Å². The number of carboxylic acids is 2. The molecule has 0 saturated carbocycles. The first-order chi connectivity index (χ1) is 23.3. The van der Waals surface area contributed by atoms with Crippen LogP contribution in [0.15, 0.2) is 97.1 Å². The first kappa shape index (κ1) is 36.4. The van der Waals surface area contributed by atoms with Crippen molar-refractivity contribution in [1.82, 2.24) is 10.6 Å². The van der Waals surface area contributed by atoms with Gasteiger partial charge in [-0.1, -0.05) is 71.7 Å². The second-order valence-electron chi connectivity index (χ2n) is 11.3. The number of halogens is 2. The topological polar surface area (TPSA) is 175 Å². The number of ether oxygens (including phenoxy) is 2. The molecule has 0 bridgehead atoms. The molecular weight excluding hydrogens is 675 g/mol. The van der Waals surface area contributed by atoms with Gasteiger partial charge in [-0.05, 0) is 79.9 Å². The van der Waals surface area contributed by atoms with Crippen LogP contribution >= 0.6 is 23.2 Å². The standard InChI is InChI=1S/C35H34Cl2N4O8/c1-34(30(42)43,20-38-32(46)40-28-9-5-3-7-26(28)36)48-24-15-11-22(12-16-24)19-23-13-17-25(18-14-23)49-35(2,31(44)45)21-39-33(47)41-29-10-6-4-8-27(29)37/h3-18H,19-21H2,1-2H3,(H,42,43)(H,44,45)(H2,38,40,46)(H2,39,41,47). The molecule has 6 N–H and O–H groups in total. The zero-order chi connectivity index (χ0) is 35.6. The summed E-state index contributed by atoms with van der Waals surface area (Å²) in [6.45, 7) is 2.04. The van der Waals surface area contributed by atoms with Gasteiger partial charge in [0.25, 0.3) is 0 Å². The predicted molar refractivity (Wildman–Crippen MR) is 186 cm³/mol. The number of benzene rings is 4. The zero-order valence-electron chi connectivity index (χ0n) is 26.5. The quantitative estimate of drug-likeness (QED) is 0.0842. The molecule has 0 aromatic heterocycles. The molecule has 0 heterocycles. The van der Waals surface area contributed by atoms with Crippen molar-refractivity contribution in [3.05, 3.63) is 118 Å². The Labute approximate surface area is 292 Å². The summed E-state index contributed by atoms with van der Waals surface area (Å²) in [6.07, 6.45) is 0.500. The lowest BCUT2D eigenvalue weighted by molar-refractivity contribution is -0.153. The fourth-order valence-electron chi connectivity index (χ4n) is 4.37. The lowest BCUT2D eigenvalue weighted by Crippen LogP contribution is -2.51. The highest BCUT2D eigenvalue weighted by Crippen LogP contribution is 2.25. The van der Waals surface area contributed by atoms with E-state index in [0.29, 0.717) is 27.8 Å². The van der Waals surface area contributed by atoms with Crippen LogP contribution in [0.2, 0.25) is 10.0 Å². The fourth-order valence-corrected chi connectivity index (χ4v) is 4.74. The normalized spacial score (nSPS) is 13.1. The minimum Gasteiger partial charge on any atom is -0.478 e. The Bertz CT molecular complexity index is 1680. The molecule has 4 aromatic rings. The van der Waals surface area contributed by atoms with Gasteiger partial charge in [-0.2, -0.15) is 0 Å². The smallest absolute Gasteiger partial charge is 0.349 e. The molecule has 256 valence electrons. The molecule has 0 aliphatic rings. The molecule has 0 radical (unpaired) electrons. The number of amides is 4. The van der Waals surface area contributed by atoms with Crippen molar-refractivity contribution in [2.75, 3.05) is 23.7 Å². The Morgan fingerprint density at radius 1 is 0.592 bits per heavy atom. The van der Waals surface area contributed by atoms with Gasteiger partial charge in [0.05, 0.1) is 34.5 Å². The van der Waals surface area contributed by atoms with Crippen LogP contribution < -0.4 is 30.7 Å². The van der Waals surface area contributed by atoms with Gasteiger partial charge in [0.1, 0.15) is 11.5 Å². The van der Waals surface area contributed by atoms with Gasteiger partial charge >= 0.3 is 24.0 Å². The van der Waals surface area contributed by atoms with Crippen LogP contribution in [0.3, 0.4) is 0 Å². The van der Waals surface area contributed by atoms with Crippen molar-refractivity contribution in [2.45, 2.75) is 31.5 Å². The van der Waals surface area contributed by atoms with E-state index < -0.39 is 35.2 Å². The van der Waals surface area contributed by atoms with Gasteiger partial charge in [0, 0.05) is 0 Å². The van der Waals surface area contributed by atoms with E-state index in [1.165, 1.54) is 13.8 Å². The fraction of sp³-hybridized carbons (Fsp3) is 0.200. The number of carbonyl (C=O) groups is 4. The van der Waals surface area contributed by atoms with Crippen molar-refractivity contribution in [3.8, 4) is 11.5 Å². The molecule has 2 unspecified atom stereocenters. The highest BCUT2D eigenvalue weighted by Gasteiger charge is 2.37. The third-order valence-corrected chi connectivity index (χ3v) is 7.92. The maximum atomic E-state index is 12.4. The lowest BCUT2D eigenvalue weighted by Gasteiger charge is -2.27. The summed E-state index contributed by atoms with van der Waals surface area (Å²) in [6, 6.07) is 25.6. The van der Waals surface area contributed by atoms with Crippen LogP contribution in [0.1, 0.15) is 25.0 Å². The van der Waals surface area contributed by atoms with Crippen LogP contribution in [-0.2, 0) is 16.0 Å². The van der Waals surface area contributed by atoms with Crippen molar-refractivity contribution >= 4 is 58.6 Å². The molecule has 49 heavy (non-hydrogen) atoms. The van der Waals surface area contributed by atoms with E-state index >= 15 is 0 Å². The van der Waals surface area contributed by atoms with E-state index in [9.17, 15) is 29.4 Å². The molecule has 0 spiro atoms. The van der Waals surface area contributed by atoms with Gasteiger partial charge in [-0.3, -0.25) is 0 Å². The summed E-state index contributed by atoms with van der Waals surface area (Å²) in [7, 11) is 0. The minimum absolute atomic E-state index is 0.285. The first-order valence-electron chi connectivity index (χ1n) is 14.9. The molecule has 4 amide bonds. The second kappa shape index (κ2) is 16.1. The van der Waals surface area contributed by atoms with Crippen LogP contribution in [0.25, 0.3) is 0 Å². The Morgan fingerprint density at radius 3 is 1.27 bits per heavy atom. The number of anilines is 2. The number of rotatable bonds is 14. The summed E-state index contributed by atoms with van der Waals surface area (Å²) in [4.78, 5) is 48.9. The molecule has 12 nitrogen and oxygen atoms in total. The van der Waals surface area contributed by atoms with Gasteiger partial charge in [-0.25, -0.2) is 19.2 Å². The second-order valence-corrected chi connectivity index (χ2v) is 12.1. The average molecular weight is 710 g/mol. The van der Waals surface area contributed by atoms with E-state index in [-0.39, 0.29) is 24.6 Å². The Hall–Kier alpha value is -5.46. The molecule has 4 rings (SSSR count).